The number of pyridine rings is 1. The minimum absolute atomic E-state index is 0.306. The fourth-order valence-electron chi connectivity index (χ4n) is 2.31. The average Bonchev–Trinajstić information content (AvgIpc) is 2.77. The van der Waals surface area contributed by atoms with Crippen molar-refractivity contribution in [2.45, 2.75) is 6.92 Å². The van der Waals surface area contributed by atoms with Gasteiger partial charge < -0.3 is 9.72 Å². The first-order valence-corrected chi connectivity index (χ1v) is 5.97. The van der Waals surface area contributed by atoms with Crippen LogP contribution in [0.3, 0.4) is 0 Å². The van der Waals surface area contributed by atoms with Crippen LogP contribution in [-0.2, 0) is 4.74 Å². The lowest BCUT2D eigenvalue weighted by Crippen LogP contribution is -2.08. The Morgan fingerprint density at radius 1 is 1.28 bits per heavy atom. The molecule has 3 rings (SSSR count). The zero-order valence-electron chi connectivity index (χ0n) is 10.1. The Morgan fingerprint density at radius 2 is 2.11 bits per heavy atom. The predicted octanol–water partition coefficient (Wildman–Crippen LogP) is 3.45. The third-order valence-electron chi connectivity index (χ3n) is 3.05. The fraction of sp³-hybridized carbons (Fsp3) is 0.133. The van der Waals surface area contributed by atoms with Crippen LogP contribution in [0.2, 0.25) is 0 Å². The van der Waals surface area contributed by atoms with E-state index in [0.717, 1.165) is 21.9 Å². The van der Waals surface area contributed by atoms with Crippen molar-refractivity contribution < 1.29 is 9.53 Å². The molecule has 1 N–H and O–H groups in total. The number of benzene rings is 1. The van der Waals surface area contributed by atoms with Crippen molar-refractivity contribution in [1.82, 2.24) is 4.98 Å². The zero-order valence-corrected chi connectivity index (χ0v) is 10.1. The molecule has 0 unspecified atom stereocenters. The highest BCUT2D eigenvalue weighted by Gasteiger charge is 2.19. The number of carbonyl (C=O) groups excluding carboxylic acids is 1. The maximum Gasteiger partial charge on any atom is 0.355 e. The van der Waals surface area contributed by atoms with E-state index in [4.69, 9.17) is 4.74 Å². The lowest BCUT2D eigenvalue weighted by atomic mass is 10.1. The first kappa shape index (κ1) is 10.8. The van der Waals surface area contributed by atoms with Gasteiger partial charge in [-0.2, -0.15) is 0 Å². The highest BCUT2D eigenvalue weighted by Crippen LogP contribution is 2.35. The molecule has 0 atom stereocenters. The number of aromatic nitrogens is 1. The molecule has 0 radical (unpaired) electrons. The number of aromatic amines is 1. The molecule has 3 heteroatoms. The standard InChI is InChI=1S/C15H13NO2/c1-2-18-15(17)14-13-11(7-8-16-14)9-10-5-3-4-6-12(10)13/h3-9,16H,2H2,1H3. The molecule has 0 saturated carbocycles. The predicted molar refractivity (Wildman–Crippen MR) is 70.9 cm³/mol. The summed E-state index contributed by atoms with van der Waals surface area (Å²) in [6.07, 6.45) is 1.77. The topological polar surface area (TPSA) is 42.1 Å². The molecule has 0 fully saturated rings. The summed E-state index contributed by atoms with van der Waals surface area (Å²) in [5.74, 6) is -0.306. The average molecular weight is 239 g/mol. The van der Waals surface area contributed by atoms with Gasteiger partial charge in [0.2, 0.25) is 0 Å². The van der Waals surface area contributed by atoms with Gasteiger partial charge in [0, 0.05) is 11.8 Å². The van der Waals surface area contributed by atoms with Gasteiger partial charge in [0.15, 0.2) is 0 Å². The Labute approximate surface area is 105 Å². The van der Waals surface area contributed by atoms with Crippen LogP contribution in [0, 0.1) is 0 Å². The Hall–Kier alpha value is -2.29. The van der Waals surface area contributed by atoms with E-state index in [1.165, 1.54) is 0 Å². The monoisotopic (exact) mass is 239 g/mol. The van der Waals surface area contributed by atoms with E-state index in [1.807, 2.05) is 30.3 Å². The van der Waals surface area contributed by atoms with E-state index in [-0.39, 0.29) is 5.97 Å². The molecule has 18 heavy (non-hydrogen) atoms. The van der Waals surface area contributed by atoms with Crippen LogP contribution in [-0.4, -0.2) is 17.6 Å². The largest absolute Gasteiger partial charge is 0.461 e. The van der Waals surface area contributed by atoms with Crippen molar-refractivity contribution >= 4 is 16.7 Å². The number of hydrogen-bond donors (Lipinski definition) is 1. The van der Waals surface area contributed by atoms with Crippen LogP contribution in [0.5, 0.6) is 0 Å². The Morgan fingerprint density at radius 3 is 2.94 bits per heavy atom. The van der Waals surface area contributed by atoms with E-state index >= 15 is 0 Å². The molecular weight excluding hydrogens is 226 g/mol. The smallest absolute Gasteiger partial charge is 0.355 e. The second-order valence-electron chi connectivity index (χ2n) is 4.14. The molecule has 1 aliphatic carbocycles. The van der Waals surface area contributed by atoms with Crippen molar-refractivity contribution in [3.63, 3.8) is 0 Å². The molecule has 2 aliphatic rings. The molecule has 1 aromatic rings. The van der Waals surface area contributed by atoms with Gasteiger partial charge in [-0.05, 0) is 35.4 Å². The van der Waals surface area contributed by atoms with E-state index in [2.05, 4.69) is 11.1 Å². The summed E-state index contributed by atoms with van der Waals surface area (Å²) in [4.78, 5) is 14.9. The highest BCUT2D eigenvalue weighted by molar-refractivity contribution is 6.09. The number of fused-ring (bicyclic) bond motifs is 3. The van der Waals surface area contributed by atoms with Crippen molar-refractivity contribution in [3.8, 4) is 11.1 Å². The van der Waals surface area contributed by atoms with Crippen LogP contribution in [0.1, 0.15) is 17.4 Å². The fourth-order valence-corrected chi connectivity index (χ4v) is 2.31. The van der Waals surface area contributed by atoms with Crippen molar-refractivity contribution in [2.24, 2.45) is 0 Å². The Balaban J connectivity index is 2.30. The molecule has 0 bridgehead atoms. The van der Waals surface area contributed by atoms with Crippen molar-refractivity contribution in [1.29, 1.82) is 0 Å². The summed E-state index contributed by atoms with van der Waals surface area (Å²) in [5.41, 5.74) is 2.51. The quantitative estimate of drug-likeness (QED) is 0.696. The van der Waals surface area contributed by atoms with Gasteiger partial charge in [-0.1, -0.05) is 24.3 Å². The number of carbonyl (C=O) groups is 1. The second-order valence-corrected chi connectivity index (χ2v) is 4.14. The first-order valence-electron chi connectivity index (χ1n) is 5.97. The number of rotatable bonds is 2. The van der Waals surface area contributed by atoms with Crippen LogP contribution >= 0.6 is 0 Å². The number of H-pyrrole nitrogens is 1. The minimum Gasteiger partial charge on any atom is -0.461 e. The van der Waals surface area contributed by atoms with E-state index in [1.54, 1.807) is 13.1 Å². The highest BCUT2D eigenvalue weighted by atomic mass is 16.5. The third kappa shape index (κ3) is 1.56. The van der Waals surface area contributed by atoms with Crippen LogP contribution < -0.4 is 0 Å². The molecular formula is C15H13NO2. The van der Waals surface area contributed by atoms with Crippen LogP contribution in [0.4, 0.5) is 0 Å². The number of ether oxygens (including phenoxy) is 1. The van der Waals surface area contributed by atoms with Crippen molar-refractivity contribution in [2.75, 3.05) is 6.61 Å². The molecule has 1 heterocycles. The second kappa shape index (κ2) is 4.18. The Bertz CT molecular complexity index is 684. The van der Waals surface area contributed by atoms with E-state index in [0.29, 0.717) is 12.3 Å². The number of esters is 1. The SMILES string of the molecule is CCOC(=O)c1[nH]ccc2cc3ccccc3c1-2. The first-order chi connectivity index (χ1) is 8.81. The molecule has 0 saturated heterocycles. The summed E-state index contributed by atoms with van der Waals surface area (Å²) < 4.78 is 5.08. The molecule has 0 spiro atoms. The molecule has 1 aliphatic heterocycles. The van der Waals surface area contributed by atoms with Crippen LogP contribution in [0.25, 0.3) is 21.9 Å². The Kier molecular flexibility index (Phi) is 2.52. The third-order valence-corrected chi connectivity index (χ3v) is 3.05. The van der Waals surface area contributed by atoms with Gasteiger partial charge in [-0.25, -0.2) is 4.79 Å². The summed E-state index contributed by atoms with van der Waals surface area (Å²) in [6.45, 7) is 2.18. The summed E-state index contributed by atoms with van der Waals surface area (Å²) >= 11 is 0. The molecule has 1 aromatic carbocycles. The minimum atomic E-state index is -0.306. The normalized spacial score (nSPS) is 10.9. The van der Waals surface area contributed by atoms with Gasteiger partial charge in [0.25, 0.3) is 0 Å². The maximum absolute atomic E-state index is 11.9. The molecule has 3 nitrogen and oxygen atoms in total. The van der Waals surface area contributed by atoms with E-state index < -0.39 is 0 Å². The van der Waals surface area contributed by atoms with Gasteiger partial charge in [0.05, 0.1) is 6.61 Å². The van der Waals surface area contributed by atoms with Crippen molar-refractivity contribution in [3.05, 3.63) is 48.3 Å². The molecule has 0 aromatic heterocycles. The zero-order chi connectivity index (χ0) is 12.5. The maximum atomic E-state index is 11.9. The number of nitrogens with one attached hydrogen (secondary N) is 1. The number of hydrogen-bond acceptors (Lipinski definition) is 2. The van der Waals surface area contributed by atoms with Gasteiger partial charge in [-0.3, -0.25) is 0 Å². The summed E-state index contributed by atoms with van der Waals surface area (Å²) in [6, 6.07) is 12.1. The van der Waals surface area contributed by atoms with Gasteiger partial charge in [-0.15, -0.1) is 0 Å². The summed E-state index contributed by atoms with van der Waals surface area (Å²) in [5, 5.41) is 2.21. The van der Waals surface area contributed by atoms with Crippen LogP contribution in [0.15, 0.2) is 42.6 Å². The molecule has 90 valence electrons. The molecule has 0 amide bonds. The van der Waals surface area contributed by atoms with E-state index in [9.17, 15) is 4.79 Å². The lowest BCUT2D eigenvalue weighted by Gasteiger charge is -2.08. The summed E-state index contributed by atoms with van der Waals surface area (Å²) in [7, 11) is 0. The lowest BCUT2D eigenvalue weighted by molar-refractivity contribution is 0.0520. The van der Waals surface area contributed by atoms with Gasteiger partial charge >= 0.3 is 5.97 Å². The van der Waals surface area contributed by atoms with Gasteiger partial charge in [0.1, 0.15) is 5.69 Å².